The number of piperazine rings is 1. The number of benzene rings is 2. The van der Waals surface area contributed by atoms with Crippen LogP contribution in [0, 0.1) is 5.82 Å². The van der Waals surface area contributed by atoms with Crippen LogP contribution in [0.5, 0.6) is 0 Å². The second kappa shape index (κ2) is 8.21. The van der Waals surface area contributed by atoms with E-state index in [1.54, 1.807) is 17.4 Å². The molecule has 2 aliphatic rings. The largest absolute Gasteiger partial charge is 0.477 e. The molecule has 2 aromatic heterocycles. The first kappa shape index (κ1) is 21.3. The van der Waals surface area contributed by atoms with Crippen molar-refractivity contribution in [2.45, 2.75) is 25.4 Å². The number of carboxylic acid groups (broad SMARTS) is 1. The Morgan fingerprint density at radius 2 is 1.91 bits per heavy atom. The third-order valence-corrected chi connectivity index (χ3v) is 7.94. The van der Waals surface area contributed by atoms with E-state index in [1.807, 2.05) is 9.47 Å². The molecule has 0 spiro atoms. The minimum atomic E-state index is -1.28. The monoisotopic (exact) mass is 477 g/mol. The second-order valence-corrected chi connectivity index (χ2v) is 10.1. The summed E-state index contributed by atoms with van der Waals surface area (Å²) in [7, 11) is 0. The van der Waals surface area contributed by atoms with E-state index in [-0.39, 0.29) is 17.0 Å². The van der Waals surface area contributed by atoms with Crippen molar-refractivity contribution in [1.82, 2.24) is 9.47 Å². The quantitative estimate of drug-likeness (QED) is 0.451. The average molecular weight is 478 g/mol. The molecule has 0 amide bonds. The predicted octanol–water partition coefficient (Wildman–Crippen LogP) is 4.71. The molecule has 0 atom stereocenters. The molecule has 1 saturated heterocycles. The highest BCUT2D eigenvalue weighted by molar-refractivity contribution is 7.17. The van der Waals surface area contributed by atoms with Gasteiger partial charge in [-0.05, 0) is 47.4 Å². The van der Waals surface area contributed by atoms with Gasteiger partial charge in [-0.25, -0.2) is 9.18 Å². The molecule has 4 aromatic rings. The number of aromatic nitrogens is 1. The lowest BCUT2D eigenvalue weighted by atomic mass is 10.1. The Balaban J connectivity index is 1.27. The van der Waals surface area contributed by atoms with Crippen LogP contribution >= 0.6 is 11.3 Å². The van der Waals surface area contributed by atoms with Crippen molar-refractivity contribution in [2.75, 3.05) is 31.1 Å². The molecule has 0 radical (unpaired) electrons. The van der Waals surface area contributed by atoms with Gasteiger partial charge in [-0.3, -0.25) is 9.69 Å². The number of hydrogen-bond donors (Lipinski definition) is 1. The van der Waals surface area contributed by atoms with Crippen LogP contribution in [0.1, 0.15) is 34.8 Å². The molecule has 1 aliphatic heterocycles. The fourth-order valence-electron chi connectivity index (χ4n) is 4.98. The van der Waals surface area contributed by atoms with Crippen LogP contribution in [0.15, 0.2) is 52.8 Å². The van der Waals surface area contributed by atoms with Gasteiger partial charge in [0.25, 0.3) is 0 Å². The first-order chi connectivity index (χ1) is 16.5. The highest BCUT2D eigenvalue weighted by Gasteiger charge is 2.28. The highest BCUT2D eigenvalue weighted by Crippen LogP contribution is 2.38. The van der Waals surface area contributed by atoms with E-state index in [4.69, 9.17) is 0 Å². The number of aromatic carboxylic acids is 1. The molecule has 3 heterocycles. The number of fused-ring (bicyclic) bond motifs is 2. The number of nitrogens with zero attached hydrogens (tertiary/aromatic N) is 3. The van der Waals surface area contributed by atoms with E-state index in [0.29, 0.717) is 24.3 Å². The molecule has 2 aromatic carbocycles. The summed E-state index contributed by atoms with van der Waals surface area (Å²) in [5.41, 5.74) is 1.48. The maximum absolute atomic E-state index is 15.2. The minimum Gasteiger partial charge on any atom is -0.477 e. The zero-order valence-electron chi connectivity index (χ0n) is 18.5. The predicted molar refractivity (Wildman–Crippen MR) is 133 cm³/mol. The molecular formula is C26H24FN3O3S. The summed E-state index contributed by atoms with van der Waals surface area (Å²) in [6, 6.07) is 11.7. The van der Waals surface area contributed by atoms with Crippen molar-refractivity contribution in [3.63, 3.8) is 0 Å². The van der Waals surface area contributed by atoms with Crippen LogP contribution in [0.2, 0.25) is 0 Å². The molecule has 0 unspecified atom stereocenters. The lowest BCUT2D eigenvalue weighted by molar-refractivity contribution is 0.0695. The van der Waals surface area contributed by atoms with Crippen LogP contribution in [-0.4, -0.2) is 46.7 Å². The van der Waals surface area contributed by atoms with Crippen molar-refractivity contribution in [1.29, 1.82) is 0 Å². The summed E-state index contributed by atoms with van der Waals surface area (Å²) < 4.78 is 18.4. The third kappa shape index (κ3) is 3.67. The Bertz CT molecular complexity index is 1480. The summed E-state index contributed by atoms with van der Waals surface area (Å²) in [5.74, 6) is -1.76. The van der Waals surface area contributed by atoms with Gasteiger partial charge in [0.05, 0.1) is 11.2 Å². The Morgan fingerprint density at radius 3 is 2.65 bits per heavy atom. The lowest BCUT2D eigenvalue weighted by Gasteiger charge is -2.36. The Morgan fingerprint density at radius 1 is 1.12 bits per heavy atom. The number of carbonyl (C=O) groups is 1. The van der Waals surface area contributed by atoms with Crippen molar-refractivity contribution >= 4 is 44.0 Å². The van der Waals surface area contributed by atoms with Gasteiger partial charge < -0.3 is 14.6 Å². The maximum atomic E-state index is 15.2. The smallest absolute Gasteiger partial charge is 0.341 e. The van der Waals surface area contributed by atoms with Crippen LogP contribution in [0.3, 0.4) is 0 Å². The van der Waals surface area contributed by atoms with Crippen LogP contribution in [0.25, 0.3) is 21.0 Å². The second-order valence-electron chi connectivity index (χ2n) is 9.16. The number of anilines is 1. The molecule has 34 heavy (non-hydrogen) atoms. The van der Waals surface area contributed by atoms with E-state index >= 15 is 4.39 Å². The van der Waals surface area contributed by atoms with Gasteiger partial charge in [-0.1, -0.05) is 18.2 Å². The molecule has 1 aliphatic carbocycles. The number of hydrogen-bond acceptors (Lipinski definition) is 5. The fourth-order valence-corrected chi connectivity index (χ4v) is 5.88. The summed E-state index contributed by atoms with van der Waals surface area (Å²) >= 11 is 1.76. The van der Waals surface area contributed by atoms with E-state index in [2.05, 4.69) is 34.5 Å². The zero-order chi connectivity index (χ0) is 23.4. The Labute approximate surface area is 199 Å². The number of thiophene rings is 1. The number of carboxylic acids is 1. The molecule has 1 N–H and O–H groups in total. The highest BCUT2D eigenvalue weighted by atomic mass is 32.1. The lowest BCUT2D eigenvalue weighted by Crippen LogP contribution is -2.46. The third-order valence-electron chi connectivity index (χ3n) is 6.94. The summed E-state index contributed by atoms with van der Waals surface area (Å²) in [6.45, 7) is 3.86. The Hall–Kier alpha value is -3.23. The van der Waals surface area contributed by atoms with E-state index < -0.39 is 17.2 Å². The maximum Gasteiger partial charge on any atom is 0.341 e. The van der Waals surface area contributed by atoms with E-state index in [9.17, 15) is 14.7 Å². The topological polar surface area (TPSA) is 65.8 Å². The summed E-state index contributed by atoms with van der Waals surface area (Å²) in [5, 5.41) is 13.0. The van der Waals surface area contributed by atoms with Gasteiger partial charge in [0.1, 0.15) is 11.4 Å². The first-order valence-electron chi connectivity index (χ1n) is 11.5. The van der Waals surface area contributed by atoms with Gasteiger partial charge in [-0.15, -0.1) is 11.3 Å². The molecule has 2 fully saturated rings. The molecular weight excluding hydrogens is 453 g/mol. The van der Waals surface area contributed by atoms with Crippen LogP contribution in [-0.2, 0) is 6.54 Å². The van der Waals surface area contributed by atoms with E-state index in [0.717, 1.165) is 32.5 Å². The van der Waals surface area contributed by atoms with Crippen molar-refractivity contribution in [3.8, 4) is 0 Å². The van der Waals surface area contributed by atoms with Crippen molar-refractivity contribution in [2.24, 2.45) is 0 Å². The molecule has 0 bridgehead atoms. The van der Waals surface area contributed by atoms with Crippen LogP contribution < -0.4 is 10.3 Å². The van der Waals surface area contributed by atoms with Gasteiger partial charge in [0.2, 0.25) is 5.43 Å². The van der Waals surface area contributed by atoms with Crippen LogP contribution in [0.4, 0.5) is 10.1 Å². The number of pyridine rings is 1. The molecule has 6 nitrogen and oxygen atoms in total. The standard InChI is InChI=1S/C26H24FN3O3S/c27-21-12-19-22(30(18-4-5-18)15-20(24(19)31)26(32)33)13-23(21)29-9-7-28(8-10-29)14-17-3-1-2-16-6-11-34-25(16)17/h1-3,6,11-13,15,18H,4-5,7-10,14H2,(H,32,33). The normalized spacial score (nSPS) is 17.0. The van der Waals surface area contributed by atoms with Crippen molar-refractivity contribution in [3.05, 3.63) is 75.1 Å². The van der Waals surface area contributed by atoms with E-state index in [1.165, 1.54) is 27.9 Å². The van der Waals surface area contributed by atoms with Gasteiger partial charge in [0, 0.05) is 55.0 Å². The average Bonchev–Trinajstić information content (AvgIpc) is 3.55. The zero-order valence-corrected chi connectivity index (χ0v) is 19.4. The minimum absolute atomic E-state index is 0.135. The Kier molecular flexibility index (Phi) is 5.15. The van der Waals surface area contributed by atoms with Crippen molar-refractivity contribution < 1.29 is 14.3 Å². The first-order valence-corrected chi connectivity index (χ1v) is 12.4. The molecule has 8 heteroatoms. The molecule has 1 saturated carbocycles. The molecule has 174 valence electrons. The number of halogens is 1. The number of rotatable bonds is 5. The summed E-state index contributed by atoms with van der Waals surface area (Å²) in [4.78, 5) is 28.7. The van der Waals surface area contributed by atoms with Gasteiger partial charge in [-0.2, -0.15) is 0 Å². The van der Waals surface area contributed by atoms with Gasteiger partial charge >= 0.3 is 5.97 Å². The SMILES string of the molecule is O=C(O)c1cn(C2CC2)c2cc(N3CCN(Cc4cccc5ccsc45)CC3)c(F)cc2c1=O. The molecule has 6 rings (SSSR count). The van der Waals surface area contributed by atoms with Gasteiger partial charge in [0.15, 0.2) is 0 Å². The summed E-state index contributed by atoms with van der Waals surface area (Å²) in [6.07, 6.45) is 3.29. The fraction of sp³-hybridized carbons (Fsp3) is 0.308.